The normalized spacial score (nSPS) is 23.2. The molecule has 2 saturated heterocycles. The van der Waals surface area contributed by atoms with Crippen LogP contribution in [0.25, 0.3) is 0 Å². The lowest BCUT2D eigenvalue weighted by Crippen LogP contribution is -2.41. The fraction of sp³-hybridized carbons (Fsp3) is 0.737. The van der Waals surface area contributed by atoms with E-state index < -0.39 is 0 Å². The van der Waals surface area contributed by atoms with Gasteiger partial charge >= 0.3 is 0 Å². The highest BCUT2D eigenvalue weighted by molar-refractivity contribution is 5.78. The van der Waals surface area contributed by atoms with Gasteiger partial charge in [-0.25, -0.2) is 0 Å². The van der Waals surface area contributed by atoms with Crippen LogP contribution < -0.4 is 5.32 Å². The van der Waals surface area contributed by atoms with Crippen LogP contribution in [0.3, 0.4) is 0 Å². The molecule has 1 aromatic rings. The quantitative estimate of drug-likeness (QED) is 0.772. The Hall–Kier alpha value is -1.37. The van der Waals surface area contributed by atoms with E-state index in [9.17, 15) is 4.79 Å². The number of carbonyl (C=O) groups excluding carboxylic acids is 1. The second-order valence-electron chi connectivity index (χ2n) is 7.32. The van der Waals surface area contributed by atoms with Crippen LogP contribution in [0.1, 0.15) is 25.0 Å². The standard InChI is InChI=1S/C19H31N3O3/c1-24-12-10-22-7-4-16(14-22)13-20-19(23)17-5-8-21(9-6-17)15-18-3-2-11-25-18/h2-3,11,16-17H,4-10,12-15H2,1H3,(H,20,23)/t16-/m0/s1. The number of ether oxygens (including phenoxy) is 1. The molecule has 1 amide bonds. The molecule has 2 aliphatic heterocycles. The largest absolute Gasteiger partial charge is 0.468 e. The lowest BCUT2D eigenvalue weighted by Gasteiger charge is -2.30. The van der Waals surface area contributed by atoms with Crippen molar-refractivity contribution in [2.75, 3.05) is 53.0 Å². The Balaban J connectivity index is 1.32. The SMILES string of the molecule is COCCN1CC[C@@H](CNC(=O)C2CCN(Cc3ccco3)CC2)C1. The number of carbonyl (C=O) groups is 1. The number of hydrogen-bond donors (Lipinski definition) is 1. The minimum atomic E-state index is 0.166. The van der Waals surface area contributed by atoms with Gasteiger partial charge in [0.25, 0.3) is 0 Å². The Labute approximate surface area is 150 Å². The average molecular weight is 349 g/mol. The minimum absolute atomic E-state index is 0.166. The van der Waals surface area contributed by atoms with Crippen LogP contribution in [0.4, 0.5) is 0 Å². The summed E-state index contributed by atoms with van der Waals surface area (Å²) in [6, 6.07) is 3.94. The lowest BCUT2D eigenvalue weighted by molar-refractivity contribution is -0.126. The summed E-state index contributed by atoms with van der Waals surface area (Å²) in [5.74, 6) is 1.99. The summed E-state index contributed by atoms with van der Waals surface area (Å²) in [6.45, 7) is 7.57. The highest BCUT2D eigenvalue weighted by Crippen LogP contribution is 2.20. The molecule has 25 heavy (non-hydrogen) atoms. The van der Waals surface area contributed by atoms with Crippen molar-refractivity contribution in [3.05, 3.63) is 24.2 Å². The Morgan fingerprint density at radius 3 is 2.80 bits per heavy atom. The number of furan rings is 1. The van der Waals surface area contributed by atoms with Crippen molar-refractivity contribution in [2.24, 2.45) is 11.8 Å². The fourth-order valence-electron chi connectivity index (χ4n) is 3.87. The number of methoxy groups -OCH3 is 1. The van der Waals surface area contributed by atoms with E-state index in [4.69, 9.17) is 9.15 Å². The van der Waals surface area contributed by atoms with Gasteiger partial charge in [-0.15, -0.1) is 0 Å². The molecule has 6 nitrogen and oxygen atoms in total. The highest BCUT2D eigenvalue weighted by Gasteiger charge is 2.27. The molecule has 0 unspecified atom stereocenters. The number of likely N-dealkylation sites (tertiary alicyclic amines) is 2. The molecule has 3 heterocycles. The Morgan fingerprint density at radius 1 is 1.28 bits per heavy atom. The first-order valence-corrected chi connectivity index (χ1v) is 9.48. The van der Waals surface area contributed by atoms with Crippen LogP contribution in [0.5, 0.6) is 0 Å². The maximum absolute atomic E-state index is 12.5. The molecule has 2 aliphatic rings. The molecule has 0 spiro atoms. The van der Waals surface area contributed by atoms with Crippen molar-refractivity contribution in [3.63, 3.8) is 0 Å². The Bertz CT molecular complexity index is 512. The fourth-order valence-corrected chi connectivity index (χ4v) is 3.87. The van der Waals surface area contributed by atoms with Crippen molar-refractivity contribution in [1.29, 1.82) is 0 Å². The van der Waals surface area contributed by atoms with Crippen molar-refractivity contribution in [3.8, 4) is 0 Å². The summed E-state index contributed by atoms with van der Waals surface area (Å²) in [4.78, 5) is 17.2. The molecule has 1 N–H and O–H groups in total. The molecular formula is C19H31N3O3. The van der Waals surface area contributed by atoms with Crippen LogP contribution in [-0.4, -0.2) is 68.7 Å². The van der Waals surface area contributed by atoms with Crippen LogP contribution in [-0.2, 0) is 16.1 Å². The molecule has 0 aromatic carbocycles. The van der Waals surface area contributed by atoms with E-state index in [0.717, 1.165) is 71.0 Å². The van der Waals surface area contributed by atoms with Crippen molar-refractivity contribution in [2.45, 2.75) is 25.8 Å². The second-order valence-corrected chi connectivity index (χ2v) is 7.32. The smallest absolute Gasteiger partial charge is 0.223 e. The molecule has 140 valence electrons. The van der Waals surface area contributed by atoms with E-state index in [1.165, 1.54) is 6.42 Å². The molecule has 1 aromatic heterocycles. The first-order chi connectivity index (χ1) is 12.2. The molecule has 0 radical (unpaired) electrons. The third-order valence-electron chi connectivity index (χ3n) is 5.46. The van der Waals surface area contributed by atoms with Gasteiger partial charge in [0.05, 0.1) is 19.4 Å². The molecule has 6 heteroatoms. The summed E-state index contributed by atoms with van der Waals surface area (Å²) in [5.41, 5.74) is 0. The summed E-state index contributed by atoms with van der Waals surface area (Å²) in [5, 5.41) is 3.20. The predicted octanol–water partition coefficient (Wildman–Crippen LogP) is 1.58. The first-order valence-electron chi connectivity index (χ1n) is 9.48. The van der Waals surface area contributed by atoms with Crippen LogP contribution in [0.2, 0.25) is 0 Å². The van der Waals surface area contributed by atoms with Gasteiger partial charge in [-0.05, 0) is 56.9 Å². The van der Waals surface area contributed by atoms with Crippen LogP contribution >= 0.6 is 0 Å². The van der Waals surface area contributed by atoms with E-state index in [1.54, 1.807) is 13.4 Å². The number of nitrogens with one attached hydrogen (secondary N) is 1. The molecule has 0 bridgehead atoms. The van der Waals surface area contributed by atoms with E-state index in [0.29, 0.717) is 5.92 Å². The summed E-state index contributed by atoms with van der Waals surface area (Å²) >= 11 is 0. The van der Waals surface area contributed by atoms with Gasteiger partial charge in [0.1, 0.15) is 5.76 Å². The predicted molar refractivity (Wildman–Crippen MR) is 96.1 cm³/mol. The first kappa shape index (κ1) is 18.4. The van der Waals surface area contributed by atoms with Gasteiger partial charge in [0.2, 0.25) is 5.91 Å². The van der Waals surface area contributed by atoms with Gasteiger partial charge in [0.15, 0.2) is 0 Å². The number of rotatable bonds is 8. The summed E-state index contributed by atoms with van der Waals surface area (Å²) in [7, 11) is 1.74. The molecular weight excluding hydrogens is 318 g/mol. The number of nitrogens with zero attached hydrogens (tertiary/aromatic N) is 2. The van der Waals surface area contributed by atoms with Crippen LogP contribution in [0.15, 0.2) is 22.8 Å². The van der Waals surface area contributed by atoms with Gasteiger partial charge in [-0.2, -0.15) is 0 Å². The molecule has 0 saturated carbocycles. The molecule has 3 rings (SSSR count). The van der Waals surface area contributed by atoms with Crippen molar-refractivity contribution >= 4 is 5.91 Å². The molecule has 0 aliphatic carbocycles. The van der Waals surface area contributed by atoms with Crippen molar-refractivity contribution < 1.29 is 13.9 Å². The number of piperidine rings is 1. The monoisotopic (exact) mass is 349 g/mol. The van der Waals surface area contributed by atoms with E-state index in [1.807, 2.05) is 12.1 Å². The highest BCUT2D eigenvalue weighted by atomic mass is 16.5. The maximum Gasteiger partial charge on any atom is 0.223 e. The van der Waals surface area contributed by atoms with Gasteiger partial charge in [0, 0.05) is 32.7 Å². The minimum Gasteiger partial charge on any atom is -0.468 e. The third kappa shape index (κ3) is 5.56. The van der Waals surface area contributed by atoms with Gasteiger partial charge in [-0.1, -0.05) is 0 Å². The van der Waals surface area contributed by atoms with E-state index in [-0.39, 0.29) is 11.8 Å². The molecule has 1 atom stereocenters. The van der Waals surface area contributed by atoms with Crippen LogP contribution in [0, 0.1) is 11.8 Å². The summed E-state index contributed by atoms with van der Waals surface area (Å²) < 4.78 is 10.5. The topological polar surface area (TPSA) is 58.0 Å². The Kier molecular flexibility index (Phi) is 6.90. The zero-order chi connectivity index (χ0) is 17.5. The summed E-state index contributed by atoms with van der Waals surface area (Å²) in [6.07, 6.45) is 4.77. The Morgan fingerprint density at radius 2 is 2.08 bits per heavy atom. The molecule has 2 fully saturated rings. The zero-order valence-electron chi connectivity index (χ0n) is 15.3. The maximum atomic E-state index is 12.5. The van der Waals surface area contributed by atoms with E-state index >= 15 is 0 Å². The average Bonchev–Trinajstić information content (AvgIpc) is 3.30. The second kappa shape index (κ2) is 9.36. The van der Waals surface area contributed by atoms with E-state index in [2.05, 4.69) is 15.1 Å². The lowest BCUT2D eigenvalue weighted by atomic mass is 9.95. The number of hydrogen-bond acceptors (Lipinski definition) is 5. The van der Waals surface area contributed by atoms with Crippen molar-refractivity contribution in [1.82, 2.24) is 15.1 Å². The van der Waals surface area contributed by atoms with Gasteiger partial charge < -0.3 is 19.4 Å². The third-order valence-corrected chi connectivity index (χ3v) is 5.46. The van der Waals surface area contributed by atoms with Gasteiger partial charge in [-0.3, -0.25) is 9.69 Å². The zero-order valence-corrected chi connectivity index (χ0v) is 15.3. The number of amides is 1.